The predicted octanol–water partition coefficient (Wildman–Crippen LogP) is 1.49. The fraction of sp³-hybridized carbons (Fsp3) is 0.0909. The van der Waals surface area contributed by atoms with Crippen LogP contribution in [0.3, 0.4) is 0 Å². The standard InChI is InChI=1S/C11H8BrFN2O2/c12-8-1-2-9(13)7(5-8)6-15-4-3-10(16)14-11(15)17/h1-5H,6H2,(H,14,16,17). The van der Waals surface area contributed by atoms with Crippen molar-refractivity contribution in [3.05, 3.63) is 67.2 Å². The highest BCUT2D eigenvalue weighted by molar-refractivity contribution is 9.10. The van der Waals surface area contributed by atoms with E-state index in [9.17, 15) is 14.0 Å². The summed E-state index contributed by atoms with van der Waals surface area (Å²) in [4.78, 5) is 24.4. The van der Waals surface area contributed by atoms with E-state index >= 15 is 0 Å². The molecule has 0 saturated carbocycles. The molecule has 0 saturated heterocycles. The number of aromatic nitrogens is 2. The van der Waals surface area contributed by atoms with E-state index in [0.29, 0.717) is 5.56 Å². The van der Waals surface area contributed by atoms with E-state index in [2.05, 4.69) is 20.9 Å². The molecule has 1 aromatic heterocycles. The molecular formula is C11H8BrFN2O2. The third-order valence-electron chi connectivity index (χ3n) is 2.25. The van der Waals surface area contributed by atoms with Gasteiger partial charge in [0.25, 0.3) is 5.56 Å². The Hall–Kier alpha value is -1.69. The van der Waals surface area contributed by atoms with Crippen molar-refractivity contribution in [3.63, 3.8) is 0 Å². The second kappa shape index (κ2) is 4.67. The zero-order chi connectivity index (χ0) is 12.4. The smallest absolute Gasteiger partial charge is 0.296 e. The van der Waals surface area contributed by atoms with Crippen LogP contribution in [0.1, 0.15) is 5.56 Å². The molecule has 1 aromatic carbocycles. The molecule has 2 rings (SSSR count). The highest BCUT2D eigenvalue weighted by Crippen LogP contribution is 2.15. The van der Waals surface area contributed by atoms with Gasteiger partial charge in [-0.2, -0.15) is 0 Å². The van der Waals surface area contributed by atoms with Gasteiger partial charge in [0.2, 0.25) is 0 Å². The molecule has 0 bridgehead atoms. The van der Waals surface area contributed by atoms with Crippen LogP contribution in [0.2, 0.25) is 0 Å². The first kappa shape index (κ1) is 11.8. The third kappa shape index (κ3) is 2.71. The number of nitrogens with zero attached hydrogens (tertiary/aromatic N) is 1. The zero-order valence-electron chi connectivity index (χ0n) is 8.61. The lowest BCUT2D eigenvalue weighted by Gasteiger charge is -2.06. The number of halogens is 2. The monoisotopic (exact) mass is 298 g/mol. The van der Waals surface area contributed by atoms with Crippen molar-refractivity contribution in [3.8, 4) is 0 Å². The number of rotatable bonds is 2. The second-order valence-electron chi connectivity index (χ2n) is 3.47. The first-order chi connectivity index (χ1) is 8.06. The molecule has 4 nitrogen and oxygen atoms in total. The maximum atomic E-state index is 13.5. The Balaban J connectivity index is 2.41. The summed E-state index contributed by atoms with van der Waals surface area (Å²) < 4.78 is 15.4. The Bertz CT molecular complexity index is 663. The first-order valence-corrected chi connectivity index (χ1v) is 5.59. The summed E-state index contributed by atoms with van der Waals surface area (Å²) in [6.07, 6.45) is 1.33. The maximum Gasteiger partial charge on any atom is 0.328 e. The molecule has 1 N–H and O–H groups in total. The number of hydrogen-bond donors (Lipinski definition) is 1. The van der Waals surface area contributed by atoms with Crippen LogP contribution in [-0.4, -0.2) is 9.55 Å². The van der Waals surface area contributed by atoms with Crippen molar-refractivity contribution in [1.29, 1.82) is 0 Å². The predicted molar refractivity (Wildman–Crippen MR) is 64.5 cm³/mol. The van der Waals surface area contributed by atoms with Crippen LogP contribution < -0.4 is 11.2 Å². The molecule has 17 heavy (non-hydrogen) atoms. The Labute approximate surface area is 104 Å². The average molecular weight is 299 g/mol. The van der Waals surface area contributed by atoms with Crippen molar-refractivity contribution >= 4 is 15.9 Å². The lowest BCUT2D eigenvalue weighted by Crippen LogP contribution is -2.29. The van der Waals surface area contributed by atoms with E-state index in [1.54, 1.807) is 12.1 Å². The largest absolute Gasteiger partial charge is 0.328 e. The number of aromatic amines is 1. The van der Waals surface area contributed by atoms with E-state index in [-0.39, 0.29) is 6.54 Å². The van der Waals surface area contributed by atoms with Gasteiger partial charge in [-0.05, 0) is 18.2 Å². The number of benzene rings is 1. The fourth-order valence-corrected chi connectivity index (χ4v) is 1.83. The molecule has 0 fully saturated rings. The summed E-state index contributed by atoms with van der Waals surface area (Å²) in [5, 5.41) is 0. The quantitative estimate of drug-likeness (QED) is 0.913. The molecule has 88 valence electrons. The highest BCUT2D eigenvalue weighted by Gasteiger charge is 2.05. The molecule has 0 radical (unpaired) electrons. The Morgan fingerprint density at radius 1 is 1.29 bits per heavy atom. The van der Waals surface area contributed by atoms with Crippen molar-refractivity contribution in [2.75, 3.05) is 0 Å². The van der Waals surface area contributed by atoms with Crippen LogP contribution >= 0.6 is 15.9 Å². The molecule has 0 aliphatic heterocycles. The lowest BCUT2D eigenvalue weighted by molar-refractivity contribution is 0.592. The third-order valence-corrected chi connectivity index (χ3v) is 2.74. The van der Waals surface area contributed by atoms with Gasteiger partial charge in [0, 0.05) is 22.3 Å². The fourth-order valence-electron chi connectivity index (χ4n) is 1.42. The maximum absolute atomic E-state index is 13.5. The molecule has 0 aliphatic rings. The molecule has 6 heteroatoms. The highest BCUT2D eigenvalue weighted by atomic mass is 79.9. The van der Waals surface area contributed by atoms with E-state index in [1.165, 1.54) is 22.9 Å². The van der Waals surface area contributed by atoms with Gasteiger partial charge in [0.15, 0.2) is 0 Å². The Morgan fingerprint density at radius 3 is 2.76 bits per heavy atom. The van der Waals surface area contributed by atoms with Gasteiger partial charge in [-0.15, -0.1) is 0 Å². The Morgan fingerprint density at radius 2 is 2.06 bits per heavy atom. The van der Waals surface area contributed by atoms with Crippen LogP contribution in [0.25, 0.3) is 0 Å². The van der Waals surface area contributed by atoms with Gasteiger partial charge < -0.3 is 0 Å². The van der Waals surface area contributed by atoms with E-state index in [4.69, 9.17) is 0 Å². The van der Waals surface area contributed by atoms with Gasteiger partial charge >= 0.3 is 5.69 Å². The molecule has 1 heterocycles. The van der Waals surface area contributed by atoms with Crippen LogP contribution in [0.5, 0.6) is 0 Å². The average Bonchev–Trinajstić information content (AvgIpc) is 2.27. The number of nitrogens with one attached hydrogen (secondary N) is 1. The summed E-state index contributed by atoms with van der Waals surface area (Å²) in [5.74, 6) is -0.397. The van der Waals surface area contributed by atoms with Crippen LogP contribution in [0, 0.1) is 5.82 Å². The minimum Gasteiger partial charge on any atom is -0.296 e. The minimum absolute atomic E-state index is 0.0703. The summed E-state index contributed by atoms with van der Waals surface area (Å²) in [6, 6.07) is 5.70. The van der Waals surface area contributed by atoms with Crippen molar-refractivity contribution < 1.29 is 4.39 Å². The lowest BCUT2D eigenvalue weighted by atomic mass is 10.2. The SMILES string of the molecule is O=c1ccn(Cc2cc(Br)ccc2F)c(=O)[nH]1. The normalized spacial score (nSPS) is 10.5. The molecular weight excluding hydrogens is 291 g/mol. The summed E-state index contributed by atoms with van der Waals surface area (Å²) in [5.41, 5.74) is -0.661. The van der Waals surface area contributed by atoms with Crippen LogP contribution in [0.4, 0.5) is 4.39 Å². The first-order valence-electron chi connectivity index (χ1n) is 4.80. The van der Waals surface area contributed by atoms with Crippen molar-refractivity contribution in [2.45, 2.75) is 6.54 Å². The molecule has 0 aliphatic carbocycles. The van der Waals surface area contributed by atoms with Gasteiger partial charge in [-0.1, -0.05) is 15.9 Å². The zero-order valence-corrected chi connectivity index (χ0v) is 10.2. The summed E-state index contributed by atoms with van der Waals surface area (Å²) >= 11 is 3.23. The summed E-state index contributed by atoms with van der Waals surface area (Å²) in [6.45, 7) is 0.0703. The molecule has 0 atom stereocenters. The van der Waals surface area contributed by atoms with Crippen molar-refractivity contribution in [1.82, 2.24) is 9.55 Å². The molecule has 0 unspecified atom stereocenters. The van der Waals surface area contributed by atoms with E-state index in [0.717, 1.165) is 4.47 Å². The van der Waals surface area contributed by atoms with E-state index in [1.807, 2.05) is 0 Å². The van der Waals surface area contributed by atoms with Crippen molar-refractivity contribution in [2.24, 2.45) is 0 Å². The second-order valence-corrected chi connectivity index (χ2v) is 4.39. The van der Waals surface area contributed by atoms with E-state index < -0.39 is 17.1 Å². The molecule has 2 aromatic rings. The van der Waals surface area contributed by atoms with Crippen LogP contribution in [-0.2, 0) is 6.54 Å². The topological polar surface area (TPSA) is 54.9 Å². The van der Waals surface area contributed by atoms with Gasteiger partial charge in [-0.25, -0.2) is 9.18 Å². The van der Waals surface area contributed by atoms with Crippen LogP contribution in [0.15, 0.2) is 44.5 Å². The molecule has 0 amide bonds. The number of H-pyrrole nitrogens is 1. The van der Waals surface area contributed by atoms with Gasteiger partial charge in [0.1, 0.15) is 5.82 Å². The van der Waals surface area contributed by atoms with Gasteiger partial charge in [0.05, 0.1) is 6.54 Å². The Kier molecular flexibility index (Phi) is 3.23. The summed E-state index contributed by atoms with van der Waals surface area (Å²) in [7, 11) is 0. The number of hydrogen-bond acceptors (Lipinski definition) is 2. The van der Waals surface area contributed by atoms with Gasteiger partial charge in [-0.3, -0.25) is 14.3 Å². The minimum atomic E-state index is -0.558. The molecule has 0 spiro atoms.